The van der Waals surface area contributed by atoms with Gasteiger partial charge >= 0.3 is 0 Å². The van der Waals surface area contributed by atoms with Crippen molar-refractivity contribution in [1.29, 1.82) is 5.26 Å². The molecule has 1 aromatic rings. The van der Waals surface area contributed by atoms with Crippen LogP contribution in [-0.2, 0) is 0 Å². The second kappa shape index (κ2) is 4.41. The van der Waals surface area contributed by atoms with E-state index >= 15 is 0 Å². The van der Waals surface area contributed by atoms with Crippen LogP contribution in [0.3, 0.4) is 0 Å². The molecule has 1 aliphatic carbocycles. The van der Waals surface area contributed by atoms with E-state index in [9.17, 15) is 0 Å². The summed E-state index contributed by atoms with van der Waals surface area (Å²) < 4.78 is 0. The van der Waals surface area contributed by atoms with Crippen molar-refractivity contribution in [3.8, 4) is 6.07 Å². The molecule has 0 bridgehead atoms. The largest absolute Gasteiger partial charge is 0.381 e. The summed E-state index contributed by atoms with van der Waals surface area (Å²) in [4.78, 5) is 0. The number of nitrogens with one attached hydrogen (secondary N) is 1. The molecule has 90 valence electrons. The Hall–Kier alpha value is -1.49. The van der Waals surface area contributed by atoms with Crippen LogP contribution >= 0.6 is 0 Å². The van der Waals surface area contributed by atoms with E-state index in [1.165, 1.54) is 19.3 Å². The highest BCUT2D eigenvalue weighted by Gasteiger charge is 2.31. The van der Waals surface area contributed by atoms with E-state index < -0.39 is 0 Å². The lowest BCUT2D eigenvalue weighted by molar-refractivity contribution is 0.378. The third-order valence-electron chi connectivity index (χ3n) is 3.71. The highest BCUT2D eigenvalue weighted by molar-refractivity contribution is 5.62. The number of para-hydroxylation sites is 1. The Balaban J connectivity index is 2.17. The van der Waals surface area contributed by atoms with Gasteiger partial charge < -0.3 is 5.32 Å². The van der Waals surface area contributed by atoms with Crippen LogP contribution < -0.4 is 5.32 Å². The molecule has 1 saturated carbocycles. The molecule has 2 rings (SSSR count). The normalized spacial score (nSPS) is 22.1. The van der Waals surface area contributed by atoms with Crippen LogP contribution in [0.25, 0.3) is 0 Å². The maximum Gasteiger partial charge on any atom is 0.101 e. The molecule has 2 heteroatoms. The number of anilines is 1. The summed E-state index contributed by atoms with van der Waals surface area (Å²) in [6.45, 7) is 6.69. The van der Waals surface area contributed by atoms with Gasteiger partial charge in [-0.1, -0.05) is 26.0 Å². The lowest BCUT2D eigenvalue weighted by Crippen LogP contribution is -2.18. The summed E-state index contributed by atoms with van der Waals surface area (Å²) in [5.74, 6) is 0. The Morgan fingerprint density at radius 3 is 2.76 bits per heavy atom. The van der Waals surface area contributed by atoms with E-state index in [2.05, 4.69) is 38.2 Å². The highest BCUT2D eigenvalue weighted by atomic mass is 14.9. The summed E-state index contributed by atoms with van der Waals surface area (Å²) in [7, 11) is 0. The molecule has 1 aromatic carbocycles. The molecular weight excluding hydrogens is 208 g/mol. The first-order valence-electron chi connectivity index (χ1n) is 6.28. The van der Waals surface area contributed by atoms with E-state index in [4.69, 9.17) is 5.26 Å². The summed E-state index contributed by atoms with van der Waals surface area (Å²) >= 11 is 0. The zero-order valence-corrected chi connectivity index (χ0v) is 10.9. The maximum absolute atomic E-state index is 9.13. The van der Waals surface area contributed by atoms with Crippen molar-refractivity contribution in [2.45, 2.75) is 46.1 Å². The van der Waals surface area contributed by atoms with Crippen LogP contribution in [0, 0.1) is 23.7 Å². The first-order chi connectivity index (χ1) is 8.02. The average molecular weight is 228 g/mol. The number of benzene rings is 1. The maximum atomic E-state index is 9.13. The Morgan fingerprint density at radius 1 is 1.41 bits per heavy atom. The molecule has 1 aliphatic rings. The van der Waals surface area contributed by atoms with Crippen molar-refractivity contribution >= 4 is 5.69 Å². The van der Waals surface area contributed by atoms with Crippen LogP contribution in [0.5, 0.6) is 0 Å². The molecular formula is C15H20N2. The second-order valence-corrected chi connectivity index (χ2v) is 5.86. The first kappa shape index (κ1) is 12.0. The van der Waals surface area contributed by atoms with Crippen molar-refractivity contribution in [2.24, 2.45) is 5.41 Å². The van der Waals surface area contributed by atoms with Crippen molar-refractivity contribution in [3.63, 3.8) is 0 Å². The van der Waals surface area contributed by atoms with Gasteiger partial charge in [-0.05, 0) is 43.2 Å². The molecule has 0 aromatic heterocycles. The average Bonchev–Trinajstić information content (AvgIpc) is 2.61. The quantitative estimate of drug-likeness (QED) is 0.834. The van der Waals surface area contributed by atoms with Crippen molar-refractivity contribution in [2.75, 3.05) is 5.32 Å². The van der Waals surface area contributed by atoms with Gasteiger partial charge in [0.1, 0.15) is 6.07 Å². The Bertz CT molecular complexity index is 454. The number of nitrogens with zero attached hydrogens (tertiary/aromatic N) is 1. The standard InChI is InChI=1S/C15H20N2/c1-11-5-4-6-12(10-16)14(11)17-13-7-8-15(2,3)9-13/h4-6,13,17H,7-9H2,1-3H3. The Kier molecular flexibility index (Phi) is 3.11. The number of rotatable bonds is 2. The van der Waals surface area contributed by atoms with Crippen LogP contribution in [0.15, 0.2) is 18.2 Å². The van der Waals surface area contributed by atoms with Gasteiger partial charge in [0, 0.05) is 6.04 Å². The summed E-state index contributed by atoms with van der Waals surface area (Å²) in [5.41, 5.74) is 3.38. The first-order valence-corrected chi connectivity index (χ1v) is 6.28. The molecule has 0 aliphatic heterocycles. The fourth-order valence-corrected chi connectivity index (χ4v) is 2.72. The predicted octanol–water partition coefficient (Wildman–Crippen LogP) is 3.86. The van der Waals surface area contributed by atoms with Crippen molar-refractivity contribution < 1.29 is 0 Å². The molecule has 0 amide bonds. The SMILES string of the molecule is Cc1cccc(C#N)c1NC1CCC(C)(C)C1. The van der Waals surface area contributed by atoms with Gasteiger partial charge in [0.25, 0.3) is 0 Å². The van der Waals surface area contributed by atoms with E-state index in [0.29, 0.717) is 11.5 Å². The van der Waals surface area contributed by atoms with E-state index in [-0.39, 0.29) is 0 Å². The van der Waals surface area contributed by atoms with Gasteiger partial charge in [0.2, 0.25) is 0 Å². The molecule has 1 fully saturated rings. The zero-order valence-electron chi connectivity index (χ0n) is 10.9. The molecule has 0 spiro atoms. The number of hydrogen-bond acceptors (Lipinski definition) is 2. The summed E-state index contributed by atoms with van der Waals surface area (Å²) in [6.07, 6.45) is 3.65. The minimum absolute atomic E-state index is 0.438. The summed E-state index contributed by atoms with van der Waals surface area (Å²) in [6, 6.07) is 8.67. The lowest BCUT2D eigenvalue weighted by atomic mass is 9.92. The van der Waals surface area contributed by atoms with E-state index in [0.717, 1.165) is 16.8 Å². The number of aryl methyl sites for hydroxylation is 1. The fourth-order valence-electron chi connectivity index (χ4n) is 2.72. The third-order valence-corrected chi connectivity index (χ3v) is 3.71. The molecule has 0 radical (unpaired) electrons. The smallest absolute Gasteiger partial charge is 0.101 e. The fraction of sp³-hybridized carbons (Fsp3) is 0.533. The van der Waals surface area contributed by atoms with E-state index in [1.807, 2.05) is 12.1 Å². The Morgan fingerprint density at radius 2 is 2.18 bits per heavy atom. The minimum atomic E-state index is 0.438. The van der Waals surface area contributed by atoms with Crippen molar-refractivity contribution in [1.82, 2.24) is 0 Å². The second-order valence-electron chi connectivity index (χ2n) is 5.86. The van der Waals surface area contributed by atoms with Crippen LogP contribution in [0.2, 0.25) is 0 Å². The van der Waals surface area contributed by atoms with Gasteiger partial charge in [0.15, 0.2) is 0 Å². The monoisotopic (exact) mass is 228 g/mol. The molecule has 1 atom stereocenters. The number of hydrogen-bond donors (Lipinski definition) is 1. The van der Waals surface area contributed by atoms with Gasteiger partial charge in [-0.2, -0.15) is 5.26 Å². The third kappa shape index (κ3) is 2.61. The topological polar surface area (TPSA) is 35.8 Å². The molecule has 2 nitrogen and oxygen atoms in total. The zero-order chi connectivity index (χ0) is 12.5. The summed E-state index contributed by atoms with van der Waals surface area (Å²) in [5, 5.41) is 12.7. The molecule has 1 N–H and O–H groups in total. The highest BCUT2D eigenvalue weighted by Crippen LogP contribution is 2.38. The van der Waals surface area contributed by atoms with Crippen LogP contribution in [-0.4, -0.2) is 6.04 Å². The minimum Gasteiger partial charge on any atom is -0.381 e. The van der Waals surface area contributed by atoms with Crippen LogP contribution in [0.4, 0.5) is 5.69 Å². The number of nitriles is 1. The predicted molar refractivity (Wildman–Crippen MR) is 70.9 cm³/mol. The molecule has 1 unspecified atom stereocenters. The molecule has 17 heavy (non-hydrogen) atoms. The van der Waals surface area contributed by atoms with Gasteiger partial charge in [-0.3, -0.25) is 0 Å². The van der Waals surface area contributed by atoms with Crippen LogP contribution in [0.1, 0.15) is 44.2 Å². The van der Waals surface area contributed by atoms with Crippen molar-refractivity contribution in [3.05, 3.63) is 29.3 Å². The van der Waals surface area contributed by atoms with Gasteiger partial charge in [0.05, 0.1) is 11.3 Å². The lowest BCUT2D eigenvalue weighted by Gasteiger charge is -2.20. The molecule has 0 saturated heterocycles. The molecule has 0 heterocycles. The van der Waals surface area contributed by atoms with Gasteiger partial charge in [-0.15, -0.1) is 0 Å². The van der Waals surface area contributed by atoms with Gasteiger partial charge in [-0.25, -0.2) is 0 Å². The van der Waals surface area contributed by atoms with E-state index in [1.54, 1.807) is 0 Å². The Labute approximate surface area is 104 Å².